The fourth-order valence-corrected chi connectivity index (χ4v) is 3.29. The maximum atomic E-state index is 6.15. The highest BCUT2D eigenvalue weighted by atomic mass is 16.5. The zero-order valence-corrected chi connectivity index (χ0v) is 13.6. The van der Waals surface area contributed by atoms with Gasteiger partial charge in [0.1, 0.15) is 11.6 Å². The van der Waals surface area contributed by atoms with Gasteiger partial charge in [0, 0.05) is 20.1 Å². The lowest BCUT2D eigenvalue weighted by atomic mass is 9.99. The van der Waals surface area contributed by atoms with Gasteiger partial charge in [-0.05, 0) is 34.6 Å². The Morgan fingerprint density at radius 1 is 1.10 bits per heavy atom. The van der Waals surface area contributed by atoms with Crippen LogP contribution in [0.5, 0.6) is 0 Å². The predicted octanol–water partition coefficient (Wildman–Crippen LogP) is 2.07. The Labute approximate surface area is 125 Å². The molecule has 0 saturated carbocycles. The molecule has 1 aliphatic heterocycles. The highest BCUT2D eigenvalue weighted by Crippen LogP contribution is 2.33. The van der Waals surface area contributed by atoms with Crippen LogP contribution in [0.25, 0.3) is 11.0 Å². The van der Waals surface area contributed by atoms with E-state index in [0.29, 0.717) is 0 Å². The number of aromatic nitrogens is 4. The van der Waals surface area contributed by atoms with Crippen molar-refractivity contribution < 1.29 is 4.74 Å². The van der Waals surface area contributed by atoms with Crippen LogP contribution in [0, 0.1) is 6.92 Å². The second kappa shape index (κ2) is 4.40. The summed E-state index contributed by atoms with van der Waals surface area (Å²) in [5, 5.41) is 5.32. The second-order valence-corrected chi connectivity index (χ2v) is 7.08. The summed E-state index contributed by atoms with van der Waals surface area (Å²) in [5.74, 6) is 1.72. The smallest absolute Gasteiger partial charge is 0.163 e. The Bertz CT molecular complexity index is 673. The minimum Gasteiger partial charge on any atom is -0.366 e. The van der Waals surface area contributed by atoms with Gasteiger partial charge in [0.15, 0.2) is 5.65 Å². The first-order chi connectivity index (χ1) is 9.67. The van der Waals surface area contributed by atoms with Crippen LogP contribution in [0.2, 0.25) is 0 Å². The van der Waals surface area contributed by atoms with E-state index in [-0.39, 0.29) is 11.2 Å². The molecule has 3 heterocycles. The number of hydrogen-bond donors (Lipinski definition) is 0. The average Bonchev–Trinajstić information content (AvgIpc) is 2.66. The molecule has 0 spiro atoms. The van der Waals surface area contributed by atoms with Gasteiger partial charge in [-0.3, -0.25) is 4.68 Å². The van der Waals surface area contributed by atoms with Gasteiger partial charge in [0.25, 0.3) is 0 Å². The minimum absolute atomic E-state index is 0.213. The van der Waals surface area contributed by atoms with E-state index in [0.717, 1.165) is 35.8 Å². The van der Waals surface area contributed by atoms with E-state index in [9.17, 15) is 0 Å². The summed E-state index contributed by atoms with van der Waals surface area (Å²) in [6, 6.07) is 0. The quantitative estimate of drug-likeness (QED) is 0.804. The van der Waals surface area contributed by atoms with Crippen LogP contribution < -0.4 is 4.90 Å². The molecule has 114 valence electrons. The molecule has 1 aliphatic rings. The molecule has 1 saturated heterocycles. The highest BCUT2D eigenvalue weighted by molar-refractivity contribution is 5.87. The van der Waals surface area contributed by atoms with Gasteiger partial charge in [-0.25, -0.2) is 9.97 Å². The van der Waals surface area contributed by atoms with Gasteiger partial charge >= 0.3 is 0 Å². The standard InChI is InChI=1S/C15H23N5O/c1-10-17-12-11(7-16-19(12)6)13(18-10)20-8-14(2,3)21-15(4,5)9-20/h7H,8-9H2,1-6H3. The van der Waals surface area contributed by atoms with Crippen molar-refractivity contribution in [2.45, 2.75) is 45.8 Å². The molecule has 0 unspecified atom stereocenters. The summed E-state index contributed by atoms with van der Waals surface area (Å²) >= 11 is 0. The number of fused-ring (bicyclic) bond motifs is 1. The van der Waals surface area contributed by atoms with E-state index < -0.39 is 0 Å². The molecule has 2 aromatic heterocycles. The first kappa shape index (κ1) is 14.3. The average molecular weight is 289 g/mol. The van der Waals surface area contributed by atoms with E-state index in [2.05, 4.69) is 47.7 Å². The molecule has 1 fully saturated rings. The molecule has 0 bridgehead atoms. The van der Waals surface area contributed by atoms with Crippen LogP contribution in [-0.4, -0.2) is 44.0 Å². The fourth-order valence-electron chi connectivity index (χ4n) is 3.29. The lowest BCUT2D eigenvalue weighted by Crippen LogP contribution is -2.57. The fraction of sp³-hybridized carbons (Fsp3) is 0.667. The van der Waals surface area contributed by atoms with Crippen LogP contribution in [0.1, 0.15) is 33.5 Å². The zero-order valence-electron chi connectivity index (χ0n) is 13.6. The van der Waals surface area contributed by atoms with Crippen LogP contribution in [0.4, 0.5) is 5.82 Å². The molecule has 21 heavy (non-hydrogen) atoms. The van der Waals surface area contributed by atoms with Crippen LogP contribution >= 0.6 is 0 Å². The molecule has 6 nitrogen and oxygen atoms in total. The number of nitrogens with zero attached hydrogens (tertiary/aromatic N) is 5. The molecule has 0 aliphatic carbocycles. The maximum absolute atomic E-state index is 6.15. The van der Waals surface area contributed by atoms with Crippen molar-refractivity contribution in [3.8, 4) is 0 Å². The molecule has 0 radical (unpaired) electrons. The van der Waals surface area contributed by atoms with Crippen LogP contribution in [-0.2, 0) is 11.8 Å². The number of ether oxygens (including phenoxy) is 1. The van der Waals surface area contributed by atoms with Crippen molar-refractivity contribution in [3.63, 3.8) is 0 Å². The van der Waals surface area contributed by atoms with Crippen molar-refractivity contribution in [2.24, 2.45) is 7.05 Å². The monoisotopic (exact) mass is 289 g/mol. The number of aryl methyl sites for hydroxylation is 2. The summed E-state index contributed by atoms with van der Waals surface area (Å²) in [6.45, 7) is 12.0. The van der Waals surface area contributed by atoms with Gasteiger partial charge in [-0.2, -0.15) is 5.10 Å². The molecular weight excluding hydrogens is 266 g/mol. The molecule has 2 aromatic rings. The van der Waals surface area contributed by atoms with E-state index in [1.807, 2.05) is 20.2 Å². The van der Waals surface area contributed by atoms with Gasteiger partial charge in [0.2, 0.25) is 0 Å². The minimum atomic E-state index is -0.213. The second-order valence-electron chi connectivity index (χ2n) is 7.08. The third-order valence-corrected chi connectivity index (χ3v) is 3.68. The van der Waals surface area contributed by atoms with Crippen molar-refractivity contribution in [2.75, 3.05) is 18.0 Å². The van der Waals surface area contributed by atoms with Gasteiger partial charge in [-0.1, -0.05) is 0 Å². The van der Waals surface area contributed by atoms with E-state index in [1.54, 1.807) is 4.68 Å². The van der Waals surface area contributed by atoms with Crippen LogP contribution in [0.3, 0.4) is 0 Å². The SMILES string of the molecule is Cc1nc(N2CC(C)(C)OC(C)(C)C2)c2cnn(C)c2n1. The van der Waals surface area contributed by atoms with Crippen molar-refractivity contribution in [3.05, 3.63) is 12.0 Å². The molecule has 6 heteroatoms. The van der Waals surface area contributed by atoms with Crippen molar-refractivity contribution >= 4 is 16.9 Å². The third-order valence-electron chi connectivity index (χ3n) is 3.68. The Morgan fingerprint density at radius 2 is 1.71 bits per heavy atom. The number of morpholine rings is 1. The summed E-state index contributed by atoms with van der Waals surface area (Å²) in [5.41, 5.74) is 0.448. The molecule has 0 aromatic carbocycles. The first-order valence-electron chi connectivity index (χ1n) is 7.28. The molecule has 0 N–H and O–H groups in total. The molecule has 0 amide bonds. The number of rotatable bonds is 1. The summed E-state index contributed by atoms with van der Waals surface area (Å²) in [6.07, 6.45) is 1.85. The topological polar surface area (TPSA) is 56.1 Å². The van der Waals surface area contributed by atoms with E-state index in [1.165, 1.54) is 0 Å². The maximum Gasteiger partial charge on any atom is 0.163 e. The van der Waals surface area contributed by atoms with E-state index >= 15 is 0 Å². The lowest BCUT2D eigenvalue weighted by Gasteiger charge is -2.47. The van der Waals surface area contributed by atoms with Gasteiger partial charge in [-0.15, -0.1) is 0 Å². The number of anilines is 1. The normalized spacial score (nSPS) is 21.0. The lowest BCUT2D eigenvalue weighted by molar-refractivity contribution is -0.133. The Balaban J connectivity index is 2.11. The molecule has 3 rings (SSSR count). The van der Waals surface area contributed by atoms with Gasteiger partial charge in [0.05, 0.1) is 22.8 Å². The summed E-state index contributed by atoms with van der Waals surface area (Å²) in [4.78, 5) is 11.5. The first-order valence-corrected chi connectivity index (χ1v) is 7.28. The largest absolute Gasteiger partial charge is 0.366 e. The number of hydrogen-bond acceptors (Lipinski definition) is 5. The predicted molar refractivity (Wildman–Crippen MR) is 82.5 cm³/mol. The molecular formula is C15H23N5O. The third kappa shape index (κ3) is 2.60. The Hall–Kier alpha value is -1.69. The molecule has 0 atom stereocenters. The van der Waals surface area contributed by atoms with Gasteiger partial charge < -0.3 is 9.64 Å². The Kier molecular flexibility index (Phi) is 2.99. The van der Waals surface area contributed by atoms with Crippen molar-refractivity contribution in [1.82, 2.24) is 19.7 Å². The highest BCUT2D eigenvalue weighted by Gasteiger charge is 2.39. The summed E-state index contributed by atoms with van der Waals surface area (Å²) in [7, 11) is 1.91. The van der Waals surface area contributed by atoms with E-state index in [4.69, 9.17) is 4.74 Å². The zero-order chi connectivity index (χ0) is 15.4. The Morgan fingerprint density at radius 3 is 2.33 bits per heavy atom. The van der Waals surface area contributed by atoms with Crippen molar-refractivity contribution in [1.29, 1.82) is 0 Å². The van der Waals surface area contributed by atoms with Crippen LogP contribution in [0.15, 0.2) is 6.20 Å². The summed E-state index contributed by atoms with van der Waals surface area (Å²) < 4.78 is 7.95.